The number of oxazole rings is 1. The normalized spacial score (nSPS) is 10.8. The summed E-state index contributed by atoms with van der Waals surface area (Å²) in [6.45, 7) is 3.56. The number of halogens is 1. The third-order valence-electron chi connectivity index (χ3n) is 3.12. The molecule has 4 nitrogen and oxygen atoms in total. The standard InChI is InChI=1S/C16H13FN2O2/c1-9-3-5-13(17)12(7-9)16(20)19-11-4-6-15-14(8-11)18-10(2)21-15/h3-8H,1-2H3,(H,19,20). The zero-order valence-electron chi connectivity index (χ0n) is 11.6. The monoisotopic (exact) mass is 284 g/mol. The van der Waals surface area contributed by atoms with E-state index in [0.717, 1.165) is 5.56 Å². The van der Waals surface area contributed by atoms with E-state index in [0.29, 0.717) is 22.7 Å². The molecule has 0 aliphatic rings. The summed E-state index contributed by atoms with van der Waals surface area (Å²) in [6.07, 6.45) is 0. The summed E-state index contributed by atoms with van der Waals surface area (Å²) < 4.78 is 19.1. The van der Waals surface area contributed by atoms with Gasteiger partial charge in [0.05, 0.1) is 5.56 Å². The second-order valence-electron chi connectivity index (χ2n) is 4.85. The number of hydrogen-bond donors (Lipinski definition) is 1. The van der Waals surface area contributed by atoms with Gasteiger partial charge in [-0.1, -0.05) is 11.6 Å². The zero-order valence-corrected chi connectivity index (χ0v) is 11.6. The fraction of sp³-hybridized carbons (Fsp3) is 0.125. The molecule has 0 spiro atoms. The molecule has 3 aromatic rings. The summed E-state index contributed by atoms with van der Waals surface area (Å²) in [5, 5.41) is 2.67. The first-order valence-electron chi connectivity index (χ1n) is 6.47. The second kappa shape index (κ2) is 5.01. The van der Waals surface area contributed by atoms with Crippen molar-refractivity contribution >= 4 is 22.7 Å². The zero-order chi connectivity index (χ0) is 15.0. The number of nitrogens with zero attached hydrogens (tertiary/aromatic N) is 1. The summed E-state index contributed by atoms with van der Waals surface area (Å²) in [4.78, 5) is 16.3. The van der Waals surface area contributed by atoms with Crippen molar-refractivity contribution in [3.8, 4) is 0 Å². The molecule has 3 rings (SSSR count). The third kappa shape index (κ3) is 2.63. The predicted octanol–water partition coefficient (Wildman–Crippen LogP) is 3.84. The van der Waals surface area contributed by atoms with Gasteiger partial charge in [0.15, 0.2) is 11.5 Å². The molecular formula is C16H13FN2O2. The minimum Gasteiger partial charge on any atom is -0.441 e. The number of hydrogen-bond acceptors (Lipinski definition) is 3. The molecule has 0 bridgehead atoms. The maximum Gasteiger partial charge on any atom is 0.258 e. The van der Waals surface area contributed by atoms with Crippen molar-refractivity contribution in [1.82, 2.24) is 4.98 Å². The number of benzene rings is 2. The van der Waals surface area contributed by atoms with Crippen LogP contribution in [0.3, 0.4) is 0 Å². The van der Waals surface area contributed by atoms with Gasteiger partial charge in [-0.2, -0.15) is 0 Å². The first-order chi connectivity index (χ1) is 10.0. The maximum absolute atomic E-state index is 13.7. The Kier molecular flexibility index (Phi) is 3.17. The largest absolute Gasteiger partial charge is 0.441 e. The molecule has 0 aliphatic carbocycles. The van der Waals surface area contributed by atoms with E-state index in [1.54, 1.807) is 38.1 Å². The molecule has 0 aliphatic heterocycles. The highest BCUT2D eigenvalue weighted by atomic mass is 19.1. The second-order valence-corrected chi connectivity index (χ2v) is 4.85. The van der Waals surface area contributed by atoms with Gasteiger partial charge in [-0.15, -0.1) is 0 Å². The fourth-order valence-electron chi connectivity index (χ4n) is 2.13. The van der Waals surface area contributed by atoms with E-state index in [2.05, 4.69) is 10.3 Å². The van der Waals surface area contributed by atoms with E-state index in [-0.39, 0.29) is 5.56 Å². The molecule has 1 aromatic heterocycles. The van der Waals surface area contributed by atoms with Crippen LogP contribution < -0.4 is 5.32 Å². The van der Waals surface area contributed by atoms with Gasteiger partial charge in [0, 0.05) is 12.6 Å². The molecule has 2 aromatic carbocycles. The first kappa shape index (κ1) is 13.3. The van der Waals surface area contributed by atoms with Crippen LogP contribution in [-0.4, -0.2) is 10.9 Å². The summed E-state index contributed by atoms with van der Waals surface area (Å²) in [6, 6.07) is 9.53. The van der Waals surface area contributed by atoms with Crippen LogP contribution in [0.2, 0.25) is 0 Å². The average molecular weight is 284 g/mol. The lowest BCUT2D eigenvalue weighted by molar-refractivity contribution is 0.102. The number of nitrogens with one attached hydrogen (secondary N) is 1. The Morgan fingerprint density at radius 3 is 2.81 bits per heavy atom. The molecule has 5 heteroatoms. The van der Waals surface area contributed by atoms with Crippen LogP contribution >= 0.6 is 0 Å². The lowest BCUT2D eigenvalue weighted by Gasteiger charge is -2.06. The van der Waals surface area contributed by atoms with Crippen LogP contribution in [-0.2, 0) is 0 Å². The number of amides is 1. The number of fused-ring (bicyclic) bond motifs is 1. The minimum absolute atomic E-state index is 0.0198. The smallest absolute Gasteiger partial charge is 0.258 e. The third-order valence-corrected chi connectivity index (χ3v) is 3.12. The van der Waals surface area contributed by atoms with Crippen LogP contribution in [0.1, 0.15) is 21.8 Å². The molecule has 1 N–H and O–H groups in total. The maximum atomic E-state index is 13.7. The Hall–Kier alpha value is -2.69. The number of carbonyl (C=O) groups is 1. The van der Waals surface area contributed by atoms with Crippen molar-refractivity contribution in [2.75, 3.05) is 5.32 Å². The lowest BCUT2D eigenvalue weighted by Crippen LogP contribution is -2.13. The molecule has 1 heterocycles. The molecule has 1 amide bonds. The van der Waals surface area contributed by atoms with Gasteiger partial charge in [0.25, 0.3) is 5.91 Å². The van der Waals surface area contributed by atoms with Gasteiger partial charge >= 0.3 is 0 Å². The quantitative estimate of drug-likeness (QED) is 0.778. The van der Waals surface area contributed by atoms with Crippen LogP contribution in [0.4, 0.5) is 10.1 Å². The summed E-state index contributed by atoms with van der Waals surface area (Å²) in [5.74, 6) is -0.481. The molecule has 0 saturated carbocycles. The van der Waals surface area contributed by atoms with Crippen molar-refractivity contribution in [1.29, 1.82) is 0 Å². The fourth-order valence-corrected chi connectivity index (χ4v) is 2.13. The Morgan fingerprint density at radius 1 is 1.19 bits per heavy atom. The molecule has 0 atom stereocenters. The van der Waals surface area contributed by atoms with E-state index >= 15 is 0 Å². The summed E-state index contributed by atoms with van der Waals surface area (Å²) in [7, 11) is 0. The number of rotatable bonds is 2. The topological polar surface area (TPSA) is 55.1 Å². The average Bonchev–Trinajstić information content (AvgIpc) is 2.80. The number of aromatic nitrogens is 1. The number of carbonyl (C=O) groups excluding carboxylic acids is 1. The van der Waals surface area contributed by atoms with Crippen LogP contribution in [0, 0.1) is 19.7 Å². The van der Waals surface area contributed by atoms with Gasteiger partial charge in [-0.05, 0) is 37.3 Å². The highest BCUT2D eigenvalue weighted by molar-refractivity contribution is 6.05. The Labute approximate surface area is 120 Å². The van der Waals surface area contributed by atoms with E-state index in [9.17, 15) is 9.18 Å². The number of anilines is 1. The molecule has 21 heavy (non-hydrogen) atoms. The van der Waals surface area contributed by atoms with Crippen molar-refractivity contribution < 1.29 is 13.6 Å². The van der Waals surface area contributed by atoms with E-state index in [1.165, 1.54) is 12.1 Å². The van der Waals surface area contributed by atoms with Crippen LogP contribution in [0.25, 0.3) is 11.1 Å². The molecule has 0 unspecified atom stereocenters. The molecule has 0 saturated heterocycles. The van der Waals surface area contributed by atoms with Gasteiger partial charge in [0.1, 0.15) is 11.3 Å². The lowest BCUT2D eigenvalue weighted by atomic mass is 10.1. The van der Waals surface area contributed by atoms with Crippen molar-refractivity contribution in [3.63, 3.8) is 0 Å². The highest BCUT2D eigenvalue weighted by Gasteiger charge is 2.13. The van der Waals surface area contributed by atoms with Gasteiger partial charge in [-0.25, -0.2) is 9.37 Å². The van der Waals surface area contributed by atoms with Crippen molar-refractivity contribution in [2.24, 2.45) is 0 Å². The van der Waals surface area contributed by atoms with Crippen LogP contribution in [0.5, 0.6) is 0 Å². The summed E-state index contributed by atoms with van der Waals surface area (Å²) in [5.41, 5.74) is 2.68. The van der Waals surface area contributed by atoms with E-state index in [1.807, 2.05) is 0 Å². The van der Waals surface area contributed by atoms with Crippen molar-refractivity contribution in [2.45, 2.75) is 13.8 Å². The molecular weight excluding hydrogens is 271 g/mol. The number of aryl methyl sites for hydroxylation is 2. The Balaban J connectivity index is 1.90. The Bertz CT molecular complexity index is 839. The van der Waals surface area contributed by atoms with Crippen LogP contribution in [0.15, 0.2) is 40.8 Å². The van der Waals surface area contributed by atoms with Gasteiger partial charge in [0.2, 0.25) is 0 Å². The summed E-state index contributed by atoms with van der Waals surface area (Å²) >= 11 is 0. The minimum atomic E-state index is -0.545. The predicted molar refractivity (Wildman–Crippen MR) is 77.8 cm³/mol. The van der Waals surface area contributed by atoms with Gasteiger partial charge < -0.3 is 9.73 Å². The van der Waals surface area contributed by atoms with Gasteiger partial charge in [-0.3, -0.25) is 4.79 Å². The Morgan fingerprint density at radius 2 is 2.00 bits per heavy atom. The molecule has 0 fully saturated rings. The molecule has 106 valence electrons. The van der Waals surface area contributed by atoms with E-state index in [4.69, 9.17) is 4.42 Å². The van der Waals surface area contributed by atoms with Crippen molar-refractivity contribution in [3.05, 3.63) is 59.2 Å². The highest BCUT2D eigenvalue weighted by Crippen LogP contribution is 2.20. The SMILES string of the molecule is Cc1ccc(F)c(C(=O)Nc2ccc3oc(C)nc3c2)c1. The van der Waals surface area contributed by atoms with E-state index < -0.39 is 11.7 Å². The molecule has 0 radical (unpaired) electrons. The first-order valence-corrected chi connectivity index (χ1v) is 6.47.